The van der Waals surface area contributed by atoms with Crippen LogP contribution in [0.15, 0.2) is 12.2 Å². The van der Waals surface area contributed by atoms with E-state index in [-0.39, 0.29) is 11.7 Å². The summed E-state index contributed by atoms with van der Waals surface area (Å²) in [5, 5.41) is 0. The number of fused-ring (bicyclic) bond motifs is 1. The number of likely N-dealkylation sites (tertiary alicyclic amines) is 1. The second kappa shape index (κ2) is 4.01. The van der Waals surface area contributed by atoms with Gasteiger partial charge >= 0.3 is 6.09 Å². The van der Waals surface area contributed by atoms with Crippen molar-refractivity contribution in [3.63, 3.8) is 0 Å². The zero-order valence-corrected chi connectivity index (χ0v) is 11.6. The molecule has 1 amide bonds. The predicted molar refractivity (Wildman–Crippen MR) is 70.1 cm³/mol. The first kappa shape index (κ1) is 12.1. The summed E-state index contributed by atoms with van der Waals surface area (Å²) in [5.74, 6) is 2.77. The van der Waals surface area contributed by atoms with E-state index in [2.05, 4.69) is 12.2 Å². The van der Waals surface area contributed by atoms with Crippen LogP contribution in [0.3, 0.4) is 0 Å². The molecule has 1 aliphatic heterocycles. The van der Waals surface area contributed by atoms with Crippen LogP contribution in [0.1, 0.15) is 33.6 Å². The van der Waals surface area contributed by atoms with Gasteiger partial charge in [0.05, 0.1) is 0 Å². The van der Waals surface area contributed by atoms with Crippen molar-refractivity contribution in [3.8, 4) is 0 Å². The number of rotatable bonds is 0. The largest absolute Gasteiger partial charge is 0.444 e. The Kier molecular flexibility index (Phi) is 2.68. The van der Waals surface area contributed by atoms with E-state index in [1.807, 2.05) is 25.7 Å². The molecule has 4 atom stereocenters. The average molecular weight is 249 g/mol. The van der Waals surface area contributed by atoms with Gasteiger partial charge in [-0.2, -0.15) is 0 Å². The van der Waals surface area contributed by atoms with Gasteiger partial charge in [0.25, 0.3) is 0 Å². The molecule has 100 valence electrons. The number of ether oxygens (including phenoxy) is 1. The van der Waals surface area contributed by atoms with Crippen molar-refractivity contribution >= 4 is 6.09 Å². The van der Waals surface area contributed by atoms with Gasteiger partial charge in [0, 0.05) is 13.1 Å². The second-order valence-electron chi connectivity index (χ2n) is 7.00. The van der Waals surface area contributed by atoms with Gasteiger partial charge in [-0.15, -0.1) is 0 Å². The minimum Gasteiger partial charge on any atom is -0.444 e. The van der Waals surface area contributed by atoms with Crippen molar-refractivity contribution in [2.45, 2.75) is 39.2 Å². The number of amides is 1. The lowest BCUT2D eigenvalue weighted by molar-refractivity contribution is 0.0282. The third-order valence-electron chi connectivity index (χ3n) is 4.60. The standard InChI is InChI=1S/C15H23NO2/c1-15(2,3)18-14(17)16-8-12-10-4-5-11(7-6-10)13(12)9-16/h4-5,10-13H,6-9H2,1-3H3. The molecule has 0 aromatic rings. The summed E-state index contributed by atoms with van der Waals surface area (Å²) in [5.41, 5.74) is -0.387. The van der Waals surface area contributed by atoms with Gasteiger partial charge < -0.3 is 9.64 Å². The fourth-order valence-electron chi connectivity index (χ4n) is 3.81. The maximum absolute atomic E-state index is 12.1. The van der Waals surface area contributed by atoms with Gasteiger partial charge in [-0.25, -0.2) is 4.79 Å². The lowest BCUT2D eigenvalue weighted by Gasteiger charge is -2.40. The van der Waals surface area contributed by atoms with Gasteiger partial charge in [0.15, 0.2) is 0 Å². The highest BCUT2D eigenvalue weighted by molar-refractivity contribution is 5.68. The van der Waals surface area contributed by atoms with Gasteiger partial charge in [0.1, 0.15) is 5.60 Å². The van der Waals surface area contributed by atoms with Gasteiger partial charge in [0.2, 0.25) is 0 Å². The Morgan fingerprint density at radius 3 is 2.00 bits per heavy atom. The molecule has 2 bridgehead atoms. The minimum atomic E-state index is -0.387. The summed E-state index contributed by atoms with van der Waals surface area (Å²) in [6.45, 7) is 7.58. The minimum absolute atomic E-state index is 0.128. The average Bonchev–Trinajstić information content (AvgIpc) is 2.74. The van der Waals surface area contributed by atoms with E-state index in [1.54, 1.807) is 0 Å². The molecule has 1 saturated carbocycles. The highest BCUT2D eigenvalue weighted by Gasteiger charge is 2.47. The summed E-state index contributed by atoms with van der Waals surface area (Å²) < 4.78 is 5.49. The molecule has 4 rings (SSSR count). The van der Waals surface area contributed by atoms with Crippen LogP contribution in [-0.2, 0) is 4.74 Å². The number of nitrogens with zero attached hydrogens (tertiary/aromatic N) is 1. The molecular formula is C15H23NO2. The van der Waals surface area contributed by atoms with Crippen molar-refractivity contribution in [1.29, 1.82) is 0 Å². The van der Waals surface area contributed by atoms with Crippen molar-refractivity contribution in [1.82, 2.24) is 4.90 Å². The van der Waals surface area contributed by atoms with E-state index < -0.39 is 0 Å². The van der Waals surface area contributed by atoms with Crippen LogP contribution in [0.2, 0.25) is 0 Å². The second-order valence-corrected chi connectivity index (χ2v) is 7.00. The molecule has 0 aromatic heterocycles. The van der Waals surface area contributed by atoms with Crippen molar-refractivity contribution in [2.24, 2.45) is 23.7 Å². The lowest BCUT2D eigenvalue weighted by Crippen LogP contribution is -2.35. The van der Waals surface area contributed by atoms with Gasteiger partial charge in [-0.05, 0) is 57.3 Å². The highest BCUT2D eigenvalue weighted by Crippen LogP contribution is 2.48. The van der Waals surface area contributed by atoms with E-state index in [0.29, 0.717) is 23.7 Å². The molecule has 2 fully saturated rings. The Morgan fingerprint density at radius 1 is 1.11 bits per heavy atom. The molecule has 0 aromatic carbocycles. The summed E-state index contributed by atoms with van der Waals surface area (Å²) in [7, 11) is 0. The Hall–Kier alpha value is -0.990. The zero-order chi connectivity index (χ0) is 12.9. The fraction of sp³-hybridized carbons (Fsp3) is 0.800. The topological polar surface area (TPSA) is 29.5 Å². The smallest absolute Gasteiger partial charge is 0.410 e. The molecule has 4 unspecified atom stereocenters. The van der Waals surface area contributed by atoms with E-state index in [0.717, 1.165) is 13.1 Å². The Bertz CT molecular complexity index is 360. The normalized spacial score (nSPS) is 37.8. The predicted octanol–water partition coefficient (Wildman–Crippen LogP) is 3.07. The third kappa shape index (κ3) is 2.04. The number of hydrogen-bond donors (Lipinski definition) is 0. The van der Waals surface area contributed by atoms with Crippen molar-refractivity contribution < 1.29 is 9.53 Å². The molecule has 3 nitrogen and oxygen atoms in total. The van der Waals surface area contributed by atoms with E-state index in [9.17, 15) is 4.79 Å². The monoisotopic (exact) mass is 249 g/mol. The van der Waals surface area contributed by atoms with E-state index >= 15 is 0 Å². The summed E-state index contributed by atoms with van der Waals surface area (Å²) in [6.07, 6.45) is 7.26. The molecule has 0 N–H and O–H groups in total. The number of hydrogen-bond acceptors (Lipinski definition) is 2. The Morgan fingerprint density at radius 2 is 1.61 bits per heavy atom. The Balaban J connectivity index is 1.68. The summed E-state index contributed by atoms with van der Waals surface area (Å²) >= 11 is 0. The van der Waals surface area contributed by atoms with Crippen LogP contribution in [-0.4, -0.2) is 29.7 Å². The quantitative estimate of drug-likeness (QED) is 0.617. The molecule has 1 saturated heterocycles. The maximum Gasteiger partial charge on any atom is 0.410 e. The fourth-order valence-corrected chi connectivity index (χ4v) is 3.81. The third-order valence-corrected chi connectivity index (χ3v) is 4.60. The van der Waals surface area contributed by atoms with Gasteiger partial charge in [-0.1, -0.05) is 12.2 Å². The van der Waals surface area contributed by atoms with Crippen LogP contribution in [0, 0.1) is 23.7 Å². The van der Waals surface area contributed by atoms with E-state index in [4.69, 9.17) is 4.74 Å². The van der Waals surface area contributed by atoms with Crippen LogP contribution in [0.4, 0.5) is 4.79 Å². The molecule has 18 heavy (non-hydrogen) atoms. The number of carbonyl (C=O) groups excluding carboxylic acids is 1. The van der Waals surface area contributed by atoms with Crippen molar-refractivity contribution in [2.75, 3.05) is 13.1 Å². The molecule has 3 heteroatoms. The van der Waals surface area contributed by atoms with Crippen LogP contribution >= 0.6 is 0 Å². The Labute approximate surface area is 109 Å². The van der Waals surface area contributed by atoms with Crippen LogP contribution in [0.25, 0.3) is 0 Å². The van der Waals surface area contributed by atoms with Crippen LogP contribution in [0.5, 0.6) is 0 Å². The zero-order valence-electron chi connectivity index (χ0n) is 11.6. The maximum atomic E-state index is 12.1. The number of carbonyl (C=O) groups is 1. The molecule has 1 heterocycles. The summed E-state index contributed by atoms with van der Waals surface area (Å²) in [4.78, 5) is 14.1. The highest BCUT2D eigenvalue weighted by atomic mass is 16.6. The van der Waals surface area contributed by atoms with Gasteiger partial charge in [-0.3, -0.25) is 0 Å². The molecule has 4 aliphatic rings. The molecule has 0 spiro atoms. The lowest BCUT2D eigenvalue weighted by atomic mass is 9.64. The first-order valence-corrected chi connectivity index (χ1v) is 7.10. The number of allylic oxidation sites excluding steroid dienone is 2. The molecule has 0 radical (unpaired) electrons. The molecule has 3 aliphatic carbocycles. The van der Waals surface area contributed by atoms with Crippen LogP contribution < -0.4 is 0 Å². The van der Waals surface area contributed by atoms with Crippen molar-refractivity contribution in [3.05, 3.63) is 12.2 Å². The first-order valence-electron chi connectivity index (χ1n) is 7.10. The first-order chi connectivity index (χ1) is 8.44. The SMILES string of the molecule is CC(C)(C)OC(=O)N1CC2C3C=CC(CC3)C2C1. The molecular weight excluding hydrogens is 226 g/mol. The summed E-state index contributed by atoms with van der Waals surface area (Å²) in [6, 6.07) is 0. The van der Waals surface area contributed by atoms with E-state index in [1.165, 1.54) is 12.8 Å².